The average Bonchev–Trinajstić information content (AvgIpc) is 2.42. The van der Waals surface area contributed by atoms with Crippen LogP contribution >= 0.6 is 0 Å². The van der Waals surface area contributed by atoms with E-state index in [1.54, 1.807) is 6.07 Å². The van der Waals surface area contributed by atoms with Crippen LogP contribution in [0, 0.1) is 17.1 Å². The van der Waals surface area contributed by atoms with Crippen LogP contribution in [0.2, 0.25) is 0 Å². The zero-order chi connectivity index (χ0) is 14.3. The van der Waals surface area contributed by atoms with Crippen molar-refractivity contribution in [3.8, 4) is 6.07 Å². The van der Waals surface area contributed by atoms with Crippen molar-refractivity contribution in [1.82, 2.24) is 4.90 Å². The van der Waals surface area contributed by atoms with Crippen LogP contribution in [0.15, 0.2) is 18.2 Å². The first-order valence-electron chi connectivity index (χ1n) is 6.07. The Hall–Kier alpha value is -1.93. The molecular formula is C14H17FN2O2. The van der Waals surface area contributed by atoms with Gasteiger partial charge in [0.15, 0.2) is 0 Å². The van der Waals surface area contributed by atoms with Gasteiger partial charge in [0.2, 0.25) is 0 Å². The van der Waals surface area contributed by atoms with E-state index < -0.39 is 5.82 Å². The highest BCUT2D eigenvalue weighted by molar-refractivity contribution is 5.69. The third-order valence-electron chi connectivity index (χ3n) is 2.80. The van der Waals surface area contributed by atoms with Crippen molar-refractivity contribution >= 4 is 5.97 Å². The summed E-state index contributed by atoms with van der Waals surface area (Å²) in [5.74, 6) is -0.687. The van der Waals surface area contributed by atoms with Gasteiger partial charge in [-0.25, -0.2) is 4.39 Å². The highest BCUT2D eigenvalue weighted by Crippen LogP contribution is 2.11. The molecule has 0 spiro atoms. The maximum Gasteiger partial charge on any atom is 0.306 e. The number of hydrogen-bond acceptors (Lipinski definition) is 4. The second-order valence-electron chi connectivity index (χ2n) is 4.15. The maximum atomic E-state index is 13.3. The minimum atomic E-state index is -0.418. The molecule has 0 saturated heterocycles. The molecule has 0 aliphatic heterocycles. The van der Waals surface area contributed by atoms with Crippen LogP contribution in [-0.2, 0) is 16.1 Å². The van der Waals surface area contributed by atoms with Gasteiger partial charge in [-0.1, -0.05) is 6.92 Å². The standard InChI is InChI=1S/C14H17FN2O2/c1-3-17(5-4-14(18)19-2)10-12-6-11(9-16)7-13(15)8-12/h6-8H,3-5,10H2,1-2H3. The molecule has 1 aromatic carbocycles. The maximum absolute atomic E-state index is 13.3. The summed E-state index contributed by atoms with van der Waals surface area (Å²) in [6.45, 7) is 3.73. The molecule has 0 heterocycles. The van der Waals surface area contributed by atoms with Gasteiger partial charge < -0.3 is 4.74 Å². The van der Waals surface area contributed by atoms with Crippen molar-refractivity contribution in [3.63, 3.8) is 0 Å². The van der Waals surface area contributed by atoms with Gasteiger partial charge in [-0.3, -0.25) is 9.69 Å². The lowest BCUT2D eigenvalue weighted by Crippen LogP contribution is -2.26. The third kappa shape index (κ3) is 5.06. The smallest absolute Gasteiger partial charge is 0.306 e. The van der Waals surface area contributed by atoms with Gasteiger partial charge in [-0.05, 0) is 30.3 Å². The number of methoxy groups -OCH3 is 1. The molecule has 0 bridgehead atoms. The van der Waals surface area contributed by atoms with Crippen LogP contribution in [0.25, 0.3) is 0 Å². The van der Waals surface area contributed by atoms with E-state index in [1.807, 2.05) is 17.9 Å². The highest BCUT2D eigenvalue weighted by Gasteiger charge is 2.09. The van der Waals surface area contributed by atoms with Crippen molar-refractivity contribution in [1.29, 1.82) is 5.26 Å². The SMILES string of the molecule is CCN(CCC(=O)OC)Cc1cc(F)cc(C#N)c1. The quantitative estimate of drug-likeness (QED) is 0.738. The molecule has 4 nitrogen and oxygen atoms in total. The van der Waals surface area contributed by atoms with Crippen molar-refractivity contribution in [2.24, 2.45) is 0 Å². The molecule has 1 rings (SSSR count). The van der Waals surface area contributed by atoms with E-state index >= 15 is 0 Å². The molecule has 19 heavy (non-hydrogen) atoms. The van der Waals surface area contributed by atoms with E-state index in [9.17, 15) is 9.18 Å². The van der Waals surface area contributed by atoms with E-state index in [0.29, 0.717) is 25.1 Å². The molecular weight excluding hydrogens is 247 g/mol. The minimum Gasteiger partial charge on any atom is -0.469 e. The van der Waals surface area contributed by atoms with Crippen LogP contribution in [-0.4, -0.2) is 31.1 Å². The number of esters is 1. The number of carbonyl (C=O) groups excluding carboxylic acids is 1. The van der Waals surface area contributed by atoms with Gasteiger partial charge in [0, 0.05) is 13.1 Å². The summed E-state index contributed by atoms with van der Waals surface area (Å²) in [4.78, 5) is 13.1. The number of hydrogen-bond donors (Lipinski definition) is 0. The highest BCUT2D eigenvalue weighted by atomic mass is 19.1. The first-order valence-corrected chi connectivity index (χ1v) is 6.07. The molecule has 0 atom stereocenters. The first-order chi connectivity index (χ1) is 9.08. The summed E-state index contributed by atoms with van der Waals surface area (Å²) in [7, 11) is 1.35. The fraction of sp³-hybridized carbons (Fsp3) is 0.429. The van der Waals surface area contributed by atoms with Crippen LogP contribution in [0.5, 0.6) is 0 Å². The molecule has 0 N–H and O–H groups in total. The molecule has 0 unspecified atom stereocenters. The Bertz CT molecular complexity index is 483. The Balaban J connectivity index is 2.68. The molecule has 0 fully saturated rings. The normalized spacial score (nSPS) is 10.3. The lowest BCUT2D eigenvalue weighted by molar-refractivity contribution is -0.141. The third-order valence-corrected chi connectivity index (χ3v) is 2.80. The zero-order valence-electron chi connectivity index (χ0n) is 11.1. The Labute approximate surface area is 112 Å². The van der Waals surface area contributed by atoms with E-state index in [-0.39, 0.29) is 5.97 Å². The fourth-order valence-corrected chi connectivity index (χ4v) is 1.76. The van der Waals surface area contributed by atoms with Gasteiger partial charge in [-0.15, -0.1) is 0 Å². The monoisotopic (exact) mass is 264 g/mol. The predicted molar refractivity (Wildman–Crippen MR) is 68.7 cm³/mol. The van der Waals surface area contributed by atoms with Crippen LogP contribution in [0.3, 0.4) is 0 Å². The molecule has 0 radical (unpaired) electrons. The summed E-state index contributed by atoms with van der Waals surface area (Å²) in [5, 5.41) is 8.79. The van der Waals surface area contributed by atoms with Crippen molar-refractivity contribution in [2.45, 2.75) is 19.9 Å². The number of benzene rings is 1. The molecule has 0 aromatic heterocycles. The Kier molecular flexibility index (Phi) is 5.97. The average molecular weight is 264 g/mol. The Morgan fingerprint density at radius 1 is 1.47 bits per heavy atom. The molecule has 1 aromatic rings. The largest absolute Gasteiger partial charge is 0.469 e. The summed E-state index contributed by atoms with van der Waals surface area (Å²) < 4.78 is 17.9. The molecule has 0 aliphatic carbocycles. The zero-order valence-corrected chi connectivity index (χ0v) is 11.1. The number of nitriles is 1. The molecule has 5 heteroatoms. The Morgan fingerprint density at radius 3 is 2.79 bits per heavy atom. The molecule has 102 valence electrons. The van der Waals surface area contributed by atoms with Crippen LogP contribution < -0.4 is 0 Å². The number of carbonyl (C=O) groups is 1. The van der Waals surface area contributed by atoms with Gasteiger partial charge in [0.25, 0.3) is 0 Å². The molecule has 0 saturated carbocycles. The number of rotatable bonds is 6. The topological polar surface area (TPSA) is 53.3 Å². The van der Waals surface area contributed by atoms with Crippen molar-refractivity contribution in [3.05, 3.63) is 35.1 Å². The fourth-order valence-electron chi connectivity index (χ4n) is 1.76. The summed E-state index contributed by atoms with van der Waals surface area (Å²) in [6.07, 6.45) is 0.296. The van der Waals surface area contributed by atoms with Crippen molar-refractivity contribution in [2.75, 3.05) is 20.2 Å². The lowest BCUT2D eigenvalue weighted by atomic mass is 10.1. The minimum absolute atomic E-state index is 0.268. The predicted octanol–water partition coefficient (Wildman–Crippen LogP) is 2.08. The van der Waals surface area contributed by atoms with Gasteiger partial charge in [-0.2, -0.15) is 5.26 Å². The first kappa shape index (κ1) is 15.1. The summed E-state index contributed by atoms with van der Waals surface area (Å²) >= 11 is 0. The lowest BCUT2D eigenvalue weighted by Gasteiger charge is -2.19. The molecule has 0 aliphatic rings. The van der Waals surface area contributed by atoms with E-state index in [1.165, 1.54) is 19.2 Å². The number of ether oxygens (including phenoxy) is 1. The van der Waals surface area contributed by atoms with Crippen LogP contribution in [0.1, 0.15) is 24.5 Å². The number of nitrogens with zero attached hydrogens (tertiary/aromatic N) is 2. The van der Waals surface area contributed by atoms with E-state index in [4.69, 9.17) is 5.26 Å². The van der Waals surface area contributed by atoms with Gasteiger partial charge >= 0.3 is 5.97 Å². The van der Waals surface area contributed by atoms with Gasteiger partial charge in [0.1, 0.15) is 5.82 Å². The van der Waals surface area contributed by atoms with Crippen molar-refractivity contribution < 1.29 is 13.9 Å². The second-order valence-corrected chi connectivity index (χ2v) is 4.15. The summed E-state index contributed by atoms with van der Waals surface area (Å²) in [6, 6.07) is 6.19. The van der Waals surface area contributed by atoms with E-state index in [0.717, 1.165) is 12.1 Å². The Morgan fingerprint density at radius 2 is 2.21 bits per heavy atom. The number of halogens is 1. The van der Waals surface area contributed by atoms with Crippen LogP contribution in [0.4, 0.5) is 4.39 Å². The molecule has 0 amide bonds. The van der Waals surface area contributed by atoms with E-state index in [2.05, 4.69) is 4.74 Å². The van der Waals surface area contributed by atoms with Gasteiger partial charge in [0.05, 0.1) is 25.2 Å². The summed E-state index contributed by atoms with van der Waals surface area (Å²) in [5.41, 5.74) is 1.03. The second kappa shape index (κ2) is 7.49.